The number of aromatic hydroxyl groups is 1. The minimum absolute atomic E-state index is 0.116. The summed E-state index contributed by atoms with van der Waals surface area (Å²) >= 11 is 0. The Morgan fingerprint density at radius 3 is 2.03 bits per heavy atom. The van der Waals surface area contributed by atoms with Gasteiger partial charge in [0.15, 0.2) is 0 Å². The van der Waals surface area contributed by atoms with Crippen molar-refractivity contribution in [2.24, 2.45) is 0 Å². The highest BCUT2D eigenvalue weighted by atomic mass is 16.3. The molecule has 0 aliphatic heterocycles. The van der Waals surface area contributed by atoms with E-state index >= 15 is 0 Å². The van der Waals surface area contributed by atoms with Crippen LogP contribution in [0.3, 0.4) is 0 Å². The molecular weight excluding hydrogens is 424 g/mol. The van der Waals surface area contributed by atoms with Crippen molar-refractivity contribution in [3.8, 4) is 5.75 Å². The largest absolute Gasteiger partial charge is 0.508 e. The maximum Gasteiger partial charge on any atom is 0.264 e. The molecule has 0 radical (unpaired) electrons. The molecule has 4 aromatic rings. The van der Waals surface area contributed by atoms with Crippen molar-refractivity contribution in [3.63, 3.8) is 0 Å². The molecule has 1 amide bonds. The second-order valence-electron chi connectivity index (χ2n) is 8.99. The van der Waals surface area contributed by atoms with Crippen LogP contribution in [0.5, 0.6) is 5.75 Å². The third kappa shape index (κ3) is 3.87. The number of anilines is 1. The minimum Gasteiger partial charge on any atom is -0.508 e. The molecule has 5 nitrogen and oxygen atoms in total. The Morgan fingerprint density at radius 1 is 0.853 bits per heavy atom. The van der Waals surface area contributed by atoms with E-state index in [4.69, 9.17) is 0 Å². The van der Waals surface area contributed by atoms with E-state index in [-0.39, 0.29) is 22.8 Å². The van der Waals surface area contributed by atoms with E-state index in [1.807, 2.05) is 24.3 Å². The average Bonchev–Trinajstić information content (AvgIpc) is 2.84. The lowest BCUT2D eigenvalue weighted by molar-refractivity contribution is 0.0991. The molecule has 0 unspecified atom stereocenters. The maximum atomic E-state index is 13.8. The highest BCUT2D eigenvalue weighted by Crippen LogP contribution is 2.28. The number of hydrogen-bond donors (Lipinski definition) is 1. The molecule has 1 aromatic heterocycles. The number of benzene rings is 3. The van der Waals surface area contributed by atoms with Crippen molar-refractivity contribution in [2.75, 3.05) is 11.9 Å². The van der Waals surface area contributed by atoms with Crippen molar-refractivity contribution in [1.29, 1.82) is 0 Å². The first-order valence-electron chi connectivity index (χ1n) is 11.4. The summed E-state index contributed by atoms with van der Waals surface area (Å²) in [5.74, 6) is -0.271. The van der Waals surface area contributed by atoms with E-state index in [0.29, 0.717) is 12.2 Å². The molecule has 0 atom stereocenters. The van der Waals surface area contributed by atoms with Gasteiger partial charge in [-0.15, -0.1) is 0 Å². The van der Waals surface area contributed by atoms with Crippen molar-refractivity contribution in [2.45, 2.75) is 41.2 Å². The lowest BCUT2D eigenvalue weighted by atomic mass is 9.89. The molecule has 34 heavy (non-hydrogen) atoms. The highest BCUT2D eigenvalue weighted by molar-refractivity contribution is 6.07. The van der Waals surface area contributed by atoms with Crippen molar-refractivity contribution < 1.29 is 9.90 Å². The van der Waals surface area contributed by atoms with Gasteiger partial charge in [0.25, 0.3) is 11.5 Å². The Bertz CT molecular complexity index is 1450. The summed E-state index contributed by atoms with van der Waals surface area (Å²) < 4.78 is 1.72. The van der Waals surface area contributed by atoms with Crippen LogP contribution in [0, 0.1) is 34.6 Å². The van der Waals surface area contributed by atoms with Gasteiger partial charge in [-0.3, -0.25) is 9.59 Å². The minimum atomic E-state index is -0.389. The number of carbonyl (C=O) groups excluding carboxylic acids is 1. The zero-order valence-corrected chi connectivity index (χ0v) is 20.6. The van der Waals surface area contributed by atoms with Gasteiger partial charge in [0, 0.05) is 12.7 Å². The zero-order valence-electron chi connectivity index (χ0n) is 20.6. The molecule has 5 heteroatoms. The fourth-order valence-electron chi connectivity index (χ4n) is 4.58. The molecule has 1 heterocycles. The Kier molecular flexibility index (Phi) is 6.05. The van der Waals surface area contributed by atoms with E-state index in [1.54, 1.807) is 29.8 Å². The van der Waals surface area contributed by atoms with Gasteiger partial charge in [-0.05, 0) is 110 Å². The van der Waals surface area contributed by atoms with Crippen LogP contribution in [0.15, 0.2) is 59.4 Å². The Morgan fingerprint density at radius 2 is 1.41 bits per heavy atom. The van der Waals surface area contributed by atoms with E-state index < -0.39 is 0 Å². The molecule has 0 bridgehead atoms. The summed E-state index contributed by atoms with van der Waals surface area (Å²) in [6.45, 7) is 11.0. The van der Waals surface area contributed by atoms with Gasteiger partial charge in [0.2, 0.25) is 0 Å². The van der Waals surface area contributed by atoms with E-state index in [1.165, 1.54) is 44.8 Å². The number of rotatable bonds is 4. The first-order valence-corrected chi connectivity index (χ1v) is 11.4. The Hall–Kier alpha value is -3.86. The zero-order chi connectivity index (χ0) is 24.7. The summed E-state index contributed by atoms with van der Waals surface area (Å²) in [4.78, 5) is 28.6. The third-order valence-electron chi connectivity index (χ3n) is 7.25. The fraction of sp³-hybridized carbons (Fsp3) is 0.241. The fourth-order valence-corrected chi connectivity index (χ4v) is 4.58. The topological polar surface area (TPSA) is 62.5 Å². The number of phenolic OH excluding ortho intramolecular Hbond substituents is 1. The standard InChI is InChI=1S/C29H30N2O3/c1-17-18(2)20(4)26(21(5)19(17)3)16-31-27-10-8-7-9-22(27)15-25(29(31)34)28(33)30(6)23-11-13-24(32)14-12-23/h7-15,32H,16H2,1-6H3. The van der Waals surface area contributed by atoms with Crippen LogP contribution in [0.4, 0.5) is 5.69 Å². The highest BCUT2D eigenvalue weighted by Gasteiger charge is 2.21. The predicted molar refractivity (Wildman–Crippen MR) is 138 cm³/mol. The molecule has 4 rings (SSSR count). The molecular formula is C29H30N2O3. The number of nitrogens with zero attached hydrogens (tertiary/aromatic N) is 2. The van der Waals surface area contributed by atoms with Crippen LogP contribution >= 0.6 is 0 Å². The quantitative estimate of drug-likeness (QED) is 0.438. The average molecular weight is 455 g/mol. The summed E-state index contributed by atoms with van der Waals surface area (Å²) in [6.07, 6.45) is 0. The molecule has 3 aromatic carbocycles. The van der Waals surface area contributed by atoms with Crippen LogP contribution < -0.4 is 10.5 Å². The first-order chi connectivity index (χ1) is 16.1. The molecule has 0 aliphatic rings. The SMILES string of the molecule is Cc1c(C)c(C)c(Cn2c(=O)c(C(=O)N(C)c3ccc(O)cc3)cc3ccccc32)c(C)c1C. The van der Waals surface area contributed by atoms with Gasteiger partial charge in [0.1, 0.15) is 11.3 Å². The summed E-state index contributed by atoms with van der Waals surface area (Å²) in [5, 5.41) is 10.4. The summed E-state index contributed by atoms with van der Waals surface area (Å²) in [7, 11) is 1.63. The molecule has 0 saturated carbocycles. The lowest BCUT2D eigenvalue weighted by Gasteiger charge is -2.22. The van der Waals surface area contributed by atoms with Crippen LogP contribution in [-0.4, -0.2) is 22.6 Å². The van der Waals surface area contributed by atoms with Crippen LogP contribution in [0.2, 0.25) is 0 Å². The number of fused-ring (bicyclic) bond motifs is 1. The second-order valence-corrected chi connectivity index (χ2v) is 8.99. The second kappa shape index (κ2) is 8.82. The lowest BCUT2D eigenvalue weighted by Crippen LogP contribution is -2.35. The van der Waals surface area contributed by atoms with Gasteiger partial charge in [-0.25, -0.2) is 0 Å². The summed E-state index contributed by atoms with van der Waals surface area (Å²) in [5.41, 5.74) is 8.40. The number of pyridine rings is 1. The Balaban J connectivity index is 1.89. The first kappa shape index (κ1) is 23.3. The van der Waals surface area contributed by atoms with Gasteiger partial charge in [-0.2, -0.15) is 0 Å². The van der Waals surface area contributed by atoms with Gasteiger partial charge < -0.3 is 14.6 Å². The number of aromatic nitrogens is 1. The smallest absolute Gasteiger partial charge is 0.264 e. The maximum absolute atomic E-state index is 13.8. The van der Waals surface area contributed by atoms with Gasteiger partial charge in [-0.1, -0.05) is 18.2 Å². The van der Waals surface area contributed by atoms with Gasteiger partial charge in [0.05, 0.1) is 12.1 Å². The molecule has 0 saturated heterocycles. The van der Waals surface area contributed by atoms with Crippen molar-refractivity contribution >= 4 is 22.5 Å². The number of hydrogen-bond acceptors (Lipinski definition) is 3. The van der Waals surface area contributed by atoms with Crippen molar-refractivity contribution in [1.82, 2.24) is 4.57 Å². The molecule has 0 fully saturated rings. The van der Waals surface area contributed by atoms with Crippen LogP contribution in [0.1, 0.15) is 43.7 Å². The molecule has 0 spiro atoms. The molecule has 1 N–H and O–H groups in total. The van der Waals surface area contributed by atoms with E-state index in [0.717, 1.165) is 16.5 Å². The van der Waals surface area contributed by atoms with Crippen LogP contribution in [0.25, 0.3) is 10.9 Å². The van der Waals surface area contributed by atoms with E-state index in [9.17, 15) is 14.7 Å². The van der Waals surface area contributed by atoms with Gasteiger partial charge >= 0.3 is 0 Å². The Labute approximate surface area is 199 Å². The molecule has 0 aliphatic carbocycles. The number of carbonyl (C=O) groups is 1. The monoisotopic (exact) mass is 454 g/mol. The normalized spacial score (nSPS) is 11.1. The third-order valence-corrected chi connectivity index (χ3v) is 7.25. The predicted octanol–water partition coefficient (Wildman–Crippen LogP) is 5.57. The number of para-hydroxylation sites is 1. The van der Waals surface area contributed by atoms with Crippen LogP contribution in [-0.2, 0) is 6.54 Å². The number of amides is 1. The number of phenols is 1. The molecule has 174 valence electrons. The van der Waals surface area contributed by atoms with E-state index in [2.05, 4.69) is 34.6 Å². The summed E-state index contributed by atoms with van der Waals surface area (Å²) in [6, 6.07) is 15.7. The van der Waals surface area contributed by atoms with Crippen molar-refractivity contribution in [3.05, 3.63) is 104 Å².